The van der Waals surface area contributed by atoms with Crippen LogP contribution in [-0.2, 0) is 0 Å². The summed E-state index contributed by atoms with van der Waals surface area (Å²) < 4.78 is 0. The van der Waals surface area contributed by atoms with Gasteiger partial charge in [-0.25, -0.2) is 0 Å². The van der Waals surface area contributed by atoms with Gasteiger partial charge >= 0.3 is 0 Å². The molecule has 0 aliphatic carbocycles. The molecule has 5 N–H and O–H groups in total. The van der Waals surface area contributed by atoms with Gasteiger partial charge in [-0.1, -0.05) is 0 Å². The predicted molar refractivity (Wildman–Crippen MR) is 66.1 cm³/mol. The molecule has 0 saturated carbocycles. The van der Waals surface area contributed by atoms with Gasteiger partial charge < -0.3 is 21.1 Å². The second-order valence-electron chi connectivity index (χ2n) is 3.86. The maximum absolute atomic E-state index is 11.0. The van der Waals surface area contributed by atoms with Gasteiger partial charge in [0.1, 0.15) is 0 Å². The number of thiophene rings is 1. The van der Waals surface area contributed by atoms with Crippen LogP contribution in [0.2, 0.25) is 0 Å². The molecule has 4 atom stereocenters. The second-order valence-corrected chi connectivity index (χ2v) is 6.19. The lowest BCUT2D eigenvalue weighted by atomic mass is 10.1. The Morgan fingerprint density at radius 3 is 2.59 bits per heavy atom. The van der Waals surface area contributed by atoms with Crippen molar-refractivity contribution < 1.29 is 20.1 Å². The molecule has 1 fully saturated rings. The molecule has 0 aromatic carbocycles. The Kier molecular flexibility index (Phi) is 3.74. The average molecular weight is 275 g/mol. The fraction of sp³-hybridized carbons (Fsp3) is 0.500. The Balaban J connectivity index is 2.19. The van der Waals surface area contributed by atoms with Crippen LogP contribution in [0.5, 0.6) is 0 Å². The molecule has 94 valence electrons. The van der Waals surface area contributed by atoms with E-state index in [9.17, 15) is 15.0 Å². The van der Waals surface area contributed by atoms with Crippen LogP contribution in [-0.4, -0.2) is 45.3 Å². The first-order chi connectivity index (χ1) is 8.04. The van der Waals surface area contributed by atoms with Crippen LogP contribution in [0.3, 0.4) is 0 Å². The molecule has 2 rings (SSSR count). The number of carbonyl (C=O) groups is 1. The molecule has 17 heavy (non-hydrogen) atoms. The Labute approximate surface area is 106 Å². The quantitative estimate of drug-likeness (QED) is 0.607. The van der Waals surface area contributed by atoms with E-state index < -0.39 is 23.4 Å². The van der Waals surface area contributed by atoms with Crippen molar-refractivity contribution >= 4 is 29.0 Å². The lowest BCUT2D eigenvalue weighted by Crippen LogP contribution is -2.31. The van der Waals surface area contributed by atoms with Crippen molar-refractivity contribution in [1.82, 2.24) is 0 Å². The van der Waals surface area contributed by atoms with Crippen molar-refractivity contribution in [3.05, 3.63) is 21.9 Å². The van der Waals surface area contributed by atoms with Crippen LogP contribution >= 0.6 is 23.1 Å². The highest BCUT2D eigenvalue weighted by molar-refractivity contribution is 8.00. The summed E-state index contributed by atoms with van der Waals surface area (Å²) in [5.74, 6) is -0.510. The molecule has 0 unspecified atom stereocenters. The minimum atomic E-state index is -0.950. The molecular weight excluding hydrogens is 262 g/mol. The van der Waals surface area contributed by atoms with Crippen molar-refractivity contribution in [2.45, 2.75) is 22.7 Å². The Morgan fingerprint density at radius 2 is 2.12 bits per heavy atom. The molecule has 7 heteroatoms. The van der Waals surface area contributed by atoms with Crippen LogP contribution in [0.1, 0.15) is 20.5 Å². The van der Waals surface area contributed by atoms with Gasteiger partial charge in [-0.3, -0.25) is 4.79 Å². The van der Waals surface area contributed by atoms with E-state index in [2.05, 4.69) is 0 Å². The summed E-state index contributed by atoms with van der Waals surface area (Å²) in [4.78, 5) is 11.7. The summed E-state index contributed by atoms with van der Waals surface area (Å²) in [6, 6.07) is 1.63. The van der Waals surface area contributed by atoms with E-state index in [0.29, 0.717) is 5.56 Å². The second kappa shape index (κ2) is 4.95. The number of hydrogen-bond acceptors (Lipinski definition) is 6. The number of aliphatic hydroxyl groups is 3. The molecule has 1 aromatic heterocycles. The molecule has 1 aromatic rings. The summed E-state index contributed by atoms with van der Waals surface area (Å²) in [7, 11) is 0. The van der Waals surface area contributed by atoms with Crippen LogP contribution < -0.4 is 5.73 Å². The number of rotatable bonds is 3. The van der Waals surface area contributed by atoms with Crippen LogP contribution in [0.15, 0.2) is 11.4 Å². The van der Waals surface area contributed by atoms with Gasteiger partial charge in [-0.15, -0.1) is 23.1 Å². The SMILES string of the molecule is NC(=O)c1csc([C@H]2S[C@H](CO)[C@@H](O)[C@H]2O)c1. The number of aliphatic hydroxyl groups excluding tert-OH is 3. The van der Waals surface area contributed by atoms with Crippen LogP contribution in [0, 0.1) is 0 Å². The molecule has 0 spiro atoms. The maximum atomic E-state index is 11.0. The van der Waals surface area contributed by atoms with E-state index in [-0.39, 0.29) is 11.9 Å². The summed E-state index contributed by atoms with van der Waals surface area (Å²) in [5, 5.41) is 29.5. The number of amides is 1. The van der Waals surface area contributed by atoms with E-state index in [1.165, 1.54) is 23.1 Å². The van der Waals surface area contributed by atoms with Crippen molar-refractivity contribution in [1.29, 1.82) is 0 Å². The lowest BCUT2D eigenvalue weighted by Gasteiger charge is -2.13. The zero-order valence-corrected chi connectivity index (χ0v) is 10.4. The fourth-order valence-corrected chi connectivity index (χ4v) is 4.32. The molecule has 0 bridgehead atoms. The van der Waals surface area contributed by atoms with Gasteiger partial charge in [-0.05, 0) is 6.07 Å². The fourth-order valence-electron chi connectivity index (χ4n) is 1.77. The van der Waals surface area contributed by atoms with E-state index in [1.807, 2.05) is 0 Å². The largest absolute Gasteiger partial charge is 0.395 e. The number of carbonyl (C=O) groups excluding carboxylic acids is 1. The third-order valence-corrected chi connectivity index (χ3v) is 5.50. The Hall–Kier alpha value is -0.600. The first-order valence-electron chi connectivity index (χ1n) is 5.05. The number of primary amides is 1. The van der Waals surface area contributed by atoms with Gasteiger partial charge in [0.25, 0.3) is 0 Å². The Bertz CT molecular complexity index is 422. The summed E-state index contributed by atoms with van der Waals surface area (Å²) in [5.41, 5.74) is 5.55. The summed E-state index contributed by atoms with van der Waals surface area (Å²) in [6.45, 7) is -0.187. The summed E-state index contributed by atoms with van der Waals surface area (Å²) in [6.07, 6.45) is -1.88. The normalized spacial score (nSPS) is 32.9. The van der Waals surface area contributed by atoms with Gasteiger partial charge in [-0.2, -0.15) is 0 Å². The average Bonchev–Trinajstić information content (AvgIpc) is 2.87. The highest BCUT2D eigenvalue weighted by Crippen LogP contribution is 2.46. The van der Waals surface area contributed by atoms with E-state index >= 15 is 0 Å². The van der Waals surface area contributed by atoms with E-state index in [4.69, 9.17) is 10.8 Å². The van der Waals surface area contributed by atoms with Gasteiger partial charge in [0.05, 0.1) is 34.9 Å². The smallest absolute Gasteiger partial charge is 0.249 e. The molecular formula is C10H13NO4S2. The van der Waals surface area contributed by atoms with Crippen LogP contribution in [0.25, 0.3) is 0 Å². The molecule has 1 amide bonds. The molecule has 5 nitrogen and oxygen atoms in total. The summed E-state index contributed by atoms with van der Waals surface area (Å²) >= 11 is 2.63. The number of nitrogens with two attached hydrogens (primary N) is 1. The highest BCUT2D eigenvalue weighted by atomic mass is 32.2. The van der Waals surface area contributed by atoms with Gasteiger partial charge in [0.2, 0.25) is 5.91 Å². The third-order valence-electron chi connectivity index (χ3n) is 2.73. The van der Waals surface area contributed by atoms with Crippen LogP contribution in [0.4, 0.5) is 0 Å². The van der Waals surface area contributed by atoms with Crippen molar-refractivity contribution in [2.24, 2.45) is 5.73 Å². The number of hydrogen-bond donors (Lipinski definition) is 4. The molecule has 1 saturated heterocycles. The highest BCUT2D eigenvalue weighted by Gasteiger charge is 2.43. The van der Waals surface area contributed by atoms with Crippen molar-refractivity contribution in [3.63, 3.8) is 0 Å². The van der Waals surface area contributed by atoms with Crippen molar-refractivity contribution in [2.75, 3.05) is 6.61 Å². The molecule has 1 aliphatic heterocycles. The Morgan fingerprint density at radius 1 is 1.41 bits per heavy atom. The van der Waals surface area contributed by atoms with Gasteiger partial charge in [0, 0.05) is 10.3 Å². The molecule has 2 heterocycles. The van der Waals surface area contributed by atoms with Crippen molar-refractivity contribution in [3.8, 4) is 0 Å². The van der Waals surface area contributed by atoms with Gasteiger partial charge in [0.15, 0.2) is 0 Å². The molecule has 1 aliphatic rings. The predicted octanol–water partition coefficient (Wildman–Crippen LogP) is -0.282. The molecule has 0 radical (unpaired) electrons. The third kappa shape index (κ3) is 2.34. The standard InChI is InChI=1S/C10H13NO4S2/c11-10(15)4-1-5(16-3-4)9-8(14)7(13)6(2-12)17-9/h1,3,6-9,12-14H,2H2,(H2,11,15)/t6-,7-,8-,9-/m1/s1. The lowest BCUT2D eigenvalue weighted by molar-refractivity contribution is 0.0202. The monoisotopic (exact) mass is 275 g/mol. The zero-order chi connectivity index (χ0) is 12.6. The van der Waals surface area contributed by atoms with E-state index in [0.717, 1.165) is 4.88 Å². The zero-order valence-electron chi connectivity index (χ0n) is 8.81. The number of thioether (sulfide) groups is 1. The minimum absolute atomic E-state index is 0.187. The van der Waals surface area contributed by atoms with E-state index in [1.54, 1.807) is 11.4 Å². The first-order valence-corrected chi connectivity index (χ1v) is 6.87. The topological polar surface area (TPSA) is 104 Å². The minimum Gasteiger partial charge on any atom is -0.395 e. The first kappa shape index (κ1) is 12.8. The maximum Gasteiger partial charge on any atom is 0.249 e.